The molecule has 0 saturated heterocycles. The van der Waals surface area contributed by atoms with Gasteiger partial charge in [-0.2, -0.15) is 0 Å². The smallest absolute Gasteiger partial charge is 0.314 e. The number of carbonyl (C=O) groups is 1. The highest BCUT2D eigenvalue weighted by atomic mass is 16.5. The van der Waals surface area contributed by atoms with E-state index in [1.807, 2.05) is 0 Å². The monoisotopic (exact) mass is 186 g/mol. The second-order valence-corrected chi connectivity index (χ2v) is 3.41. The van der Waals surface area contributed by atoms with Crippen molar-refractivity contribution in [1.29, 1.82) is 0 Å². The number of hydrogen-bond donors (Lipinski definition) is 2. The number of carbonyl (C=O) groups excluding carboxylic acids is 1. The molecule has 74 valence electrons. The van der Waals surface area contributed by atoms with E-state index in [4.69, 9.17) is 0 Å². The molecule has 0 aromatic rings. The molecule has 0 radical (unpaired) electrons. The summed E-state index contributed by atoms with van der Waals surface area (Å²) in [6.45, 7) is 3.72. The van der Waals surface area contributed by atoms with Crippen molar-refractivity contribution in [3.05, 3.63) is 12.2 Å². The van der Waals surface area contributed by atoms with E-state index in [0.29, 0.717) is 12.8 Å². The van der Waals surface area contributed by atoms with Gasteiger partial charge in [-0.3, -0.25) is 4.79 Å². The summed E-state index contributed by atoms with van der Waals surface area (Å²) in [5, 5.41) is 18.9. The zero-order valence-electron chi connectivity index (χ0n) is 7.62. The zero-order valence-corrected chi connectivity index (χ0v) is 7.62. The highest BCUT2D eigenvalue weighted by Gasteiger charge is 2.43. The van der Waals surface area contributed by atoms with E-state index < -0.39 is 17.7 Å². The first-order chi connectivity index (χ1) is 5.97. The van der Waals surface area contributed by atoms with Crippen molar-refractivity contribution >= 4 is 5.97 Å². The van der Waals surface area contributed by atoms with Gasteiger partial charge in [0.15, 0.2) is 5.79 Å². The molecule has 0 spiro atoms. The molecular weight excluding hydrogens is 172 g/mol. The Morgan fingerprint density at radius 2 is 2.31 bits per heavy atom. The number of aliphatic hydroxyl groups is 2. The van der Waals surface area contributed by atoms with E-state index in [0.717, 1.165) is 5.57 Å². The minimum absolute atomic E-state index is 0.144. The Bertz CT molecular complexity index is 232. The molecule has 1 fully saturated rings. The lowest BCUT2D eigenvalue weighted by Crippen LogP contribution is -2.45. The van der Waals surface area contributed by atoms with Crippen LogP contribution in [0.2, 0.25) is 0 Å². The molecule has 0 aliphatic heterocycles. The highest BCUT2D eigenvalue weighted by Crippen LogP contribution is 2.34. The molecule has 4 heteroatoms. The lowest BCUT2D eigenvalue weighted by Gasteiger charge is -2.34. The van der Waals surface area contributed by atoms with Crippen LogP contribution in [-0.4, -0.2) is 29.1 Å². The molecule has 0 amide bonds. The summed E-state index contributed by atoms with van der Waals surface area (Å²) in [4.78, 5) is 11.1. The summed E-state index contributed by atoms with van der Waals surface area (Å²) in [6, 6.07) is 0. The highest BCUT2D eigenvalue weighted by molar-refractivity contribution is 5.74. The van der Waals surface area contributed by atoms with Gasteiger partial charge in [0.2, 0.25) is 0 Å². The van der Waals surface area contributed by atoms with E-state index in [2.05, 4.69) is 11.3 Å². The first-order valence-corrected chi connectivity index (χ1v) is 4.16. The summed E-state index contributed by atoms with van der Waals surface area (Å²) in [5.41, 5.74) is 0.856. The summed E-state index contributed by atoms with van der Waals surface area (Å²) in [5.74, 6) is -3.42. The molecule has 0 bridgehead atoms. The standard InChI is InChI=1S/C9H14O4/c1-6-3-4-9(11,12)7(5-6)8(10)13-2/h7,11-12H,1,3-5H2,2H3. The molecule has 0 heterocycles. The number of allylic oxidation sites excluding steroid dienone is 1. The summed E-state index contributed by atoms with van der Waals surface area (Å²) in [7, 11) is 1.23. The quantitative estimate of drug-likeness (QED) is 0.348. The molecule has 13 heavy (non-hydrogen) atoms. The molecular formula is C9H14O4. The minimum Gasteiger partial charge on any atom is -0.469 e. The summed E-state index contributed by atoms with van der Waals surface area (Å²) < 4.78 is 4.47. The van der Waals surface area contributed by atoms with Crippen molar-refractivity contribution in [2.75, 3.05) is 7.11 Å². The van der Waals surface area contributed by atoms with Gasteiger partial charge in [-0.1, -0.05) is 12.2 Å². The van der Waals surface area contributed by atoms with Gasteiger partial charge in [0.25, 0.3) is 0 Å². The summed E-state index contributed by atoms with van der Waals surface area (Å²) in [6.07, 6.45) is 0.978. The van der Waals surface area contributed by atoms with Crippen LogP contribution in [-0.2, 0) is 9.53 Å². The predicted molar refractivity (Wildman–Crippen MR) is 45.7 cm³/mol. The molecule has 0 aromatic carbocycles. The first-order valence-electron chi connectivity index (χ1n) is 4.16. The molecule has 1 unspecified atom stereocenters. The molecule has 1 atom stereocenters. The van der Waals surface area contributed by atoms with E-state index in [9.17, 15) is 15.0 Å². The van der Waals surface area contributed by atoms with Gasteiger partial charge in [0.1, 0.15) is 5.92 Å². The predicted octanol–water partition coefficient (Wildman–Crippen LogP) is 0.197. The fraction of sp³-hybridized carbons (Fsp3) is 0.667. The van der Waals surface area contributed by atoms with Crippen molar-refractivity contribution in [3.63, 3.8) is 0 Å². The van der Waals surface area contributed by atoms with Gasteiger partial charge < -0.3 is 14.9 Å². The maximum atomic E-state index is 11.1. The normalized spacial score (nSPS) is 27.0. The maximum Gasteiger partial charge on any atom is 0.314 e. The van der Waals surface area contributed by atoms with Gasteiger partial charge >= 0.3 is 5.97 Å². The Balaban J connectivity index is 2.77. The van der Waals surface area contributed by atoms with Gasteiger partial charge in [0, 0.05) is 6.42 Å². The van der Waals surface area contributed by atoms with Crippen LogP contribution in [0.15, 0.2) is 12.2 Å². The molecule has 2 N–H and O–H groups in total. The summed E-state index contributed by atoms with van der Waals surface area (Å²) >= 11 is 0. The number of rotatable bonds is 1. The van der Waals surface area contributed by atoms with Crippen molar-refractivity contribution < 1.29 is 19.7 Å². The van der Waals surface area contributed by atoms with Crippen molar-refractivity contribution in [1.82, 2.24) is 0 Å². The van der Waals surface area contributed by atoms with Gasteiger partial charge in [-0.25, -0.2) is 0 Å². The fourth-order valence-electron chi connectivity index (χ4n) is 1.50. The van der Waals surface area contributed by atoms with Crippen LogP contribution in [0.4, 0.5) is 0 Å². The lowest BCUT2D eigenvalue weighted by atomic mass is 9.81. The van der Waals surface area contributed by atoms with Crippen LogP contribution in [0.5, 0.6) is 0 Å². The molecule has 4 nitrogen and oxygen atoms in total. The van der Waals surface area contributed by atoms with E-state index in [1.54, 1.807) is 0 Å². The van der Waals surface area contributed by atoms with Crippen molar-refractivity contribution in [2.24, 2.45) is 5.92 Å². The largest absolute Gasteiger partial charge is 0.469 e. The fourth-order valence-corrected chi connectivity index (χ4v) is 1.50. The molecule has 1 aliphatic rings. The van der Waals surface area contributed by atoms with Crippen LogP contribution in [0.25, 0.3) is 0 Å². The Hall–Kier alpha value is -0.870. The number of hydrogen-bond acceptors (Lipinski definition) is 4. The molecule has 1 aliphatic carbocycles. The second-order valence-electron chi connectivity index (χ2n) is 3.41. The number of methoxy groups -OCH3 is 1. The van der Waals surface area contributed by atoms with Gasteiger partial charge in [-0.15, -0.1) is 0 Å². The van der Waals surface area contributed by atoms with Crippen LogP contribution >= 0.6 is 0 Å². The van der Waals surface area contributed by atoms with E-state index in [1.165, 1.54) is 7.11 Å². The lowest BCUT2D eigenvalue weighted by molar-refractivity contribution is -0.219. The molecule has 1 rings (SSSR count). The van der Waals surface area contributed by atoms with Crippen LogP contribution in [0.3, 0.4) is 0 Å². The average Bonchev–Trinajstić information content (AvgIpc) is 2.08. The minimum atomic E-state index is -1.94. The second kappa shape index (κ2) is 3.47. The van der Waals surface area contributed by atoms with Crippen molar-refractivity contribution in [3.8, 4) is 0 Å². The zero-order chi connectivity index (χ0) is 10.1. The van der Waals surface area contributed by atoms with Gasteiger partial charge in [0.05, 0.1) is 7.11 Å². The van der Waals surface area contributed by atoms with E-state index in [-0.39, 0.29) is 6.42 Å². The van der Waals surface area contributed by atoms with Crippen LogP contribution < -0.4 is 0 Å². The third-order valence-electron chi connectivity index (χ3n) is 2.38. The average molecular weight is 186 g/mol. The topological polar surface area (TPSA) is 66.8 Å². The van der Waals surface area contributed by atoms with E-state index >= 15 is 0 Å². The Labute approximate surface area is 76.8 Å². The van der Waals surface area contributed by atoms with Crippen molar-refractivity contribution in [2.45, 2.75) is 25.0 Å². The third-order valence-corrected chi connectivity index (χ3v) is 2.38. The molecule has 0 aromatic heterocycles. The molecule has 1 saturated carbocycles. The maximum absolute atomic E-state index is 11.1. The SMILES string of the molecule is C=C1CCC(O)(O)C(C(=O)OC)C1. The number of esters is 1. The third kappa shape index (κ3) is 2.08. The Morgan fingerprint density at radius 1 is 1.69 bits per heavy atom. The van der Waals surface area contributed by atoms with Crippen LogP contribution in [0, 0.1) is 5.92 Å². The number of ether oxygens (including phenoxy) is 1. The first kappa shape index (κ1) is 10.2. The van der Waals surface area contributed by atoms with Gasteiger partial charge in [-0.05, 0) is 12.8 Å². The van der Waals surface area contributed by atoms with Crippen LogP contribution in [0.1, 0.15) is 19.3 Å². The Kier molecular flexibility index (Phi) is 2.73. The Morgan fingerprint density at radius 3 is 2.85 bits per heavy atom.